The maximum absolute atomic E-state index is 12.9. The van der Waals surface area contributed by atoms with Crippen LogP contribution in [-0.4, -0.2) is 25.2 Å². The highest BCUT2D eigenvalue weighted by Crippen LogP contribution is 2.25. The molecule has 33 heavy (non-hydrogen) atoms. The molecule has 0 bridgehead atoms. The normalized spacial score (nSPS) is 10.8. The highest BCUT2D eigenvalue weighted by Gasteiger charge is 2.14. The molecule has 7 heteroatoms. The number of hydrazone groups is 1. The minimum atomic E-state index is -0.481. The van der Waals surface area contributed by atoms with E-state index in [4.69, 9.17) is 9.47 Å². The summed E-state index contributed by atoms with van der Waals surface area (Å²) in [6.07, 6.45) is 1.43. The van der Waals surface area contributed by atoms with Crippen molar-refractivity contribution in [3.63, 3.8) is 0 Å². The van der Waals surface area contributed by atoms with Crippen molar-refractivity contribution in [1.82, 2.24) is 5.43 Å². The lowest BCUT2D eigenvalue weighted by Gasteiger charge is -2.10. The molecule has 0 spiro atoms. The van der Waals surface area contributed by atoms with E-state index in [1.165, 1.54) is 6.21 Å². The molecular weight excluding hydrogens is 484 g/mol. The van der Waals surface area contributed by atoms with Gasteiger partial charge in [-0.15, -0.1) is 0 Å². The van der Waals surface area contributed by atoms with Crippen LogP contribution in [0, 0.1) is 0 Å². The van der Waals surface area contributed by atoms with Crippen LogP contribution in [0.4, 0.5) is 0 Å². The van der Waals surface area contributed by atoms with Gasteiger partial charge < -0.3 is 9.47 Å². The summed E-state index contributed by atoms with van der Waals surface area (Å²) in [5.74, 6) is 0.115. The third-order valence-electron chi connectivity index (χ3n) is 4.91. The Morgan fingerprint density at radius 2 is 1.70 bits per heavy atom. The van der Waals surface area contributed by atoms with Gasteiger partial charge in [0.1, 0.15) is 11.5 Å². The largest absolute Gasteiger partial charge is 0.497 e. The zero-order valence-electron chi connectivity index (χ0n) is 17.6. The summed E-state index contributed by atoms with van der Waals surface area (Å²) in [5, 5.41) is 5.78. The van der Waals surface area contributed by atoms with Crippen LogP contribution < -0.4 is 14.9 Å². The molecule has 4 aromatic carbocycles. The molecule has 164 valence electrons. The fourth-order valence-corrected chi connectivity index (χ4v) is 3.62. The molecule has 0 aliphatic rings. The summed E-state index contributed by atoms with van der Waals surface area (Å²) in [6.45, 7) is 0. The molecule has 0 aliphatic heterocycles. The number of carbonyl (C=O) groups excluding carboxylic acids is 2. The van der Waals surface area contributed by atoms with Gasteiger partial charge in [-0.1, -0.05) is 52.3 Å². The van der Waals surface area contributed by atoms with Crippen LogP contribution in [0.3, 0.4) is 0 Å². The fourth-order valence-electron chi connectivity index (χ4n) is 3.24. The Kier molecular flexibility index (Phi) is 6.80. The van der Waals surface area contributed by atoms with Gasteiger partial charge >= 0.3 is 5.97 Å². The minimum Gasteiger partial charge on any atom is -0.497 e. The number of amides is 1. The zero-order chi connectivity index (χ0) is 23.2. The van der Waals surface area contributed by atoms with Crippen LogP contribution in [0.1, 0.15) is 26.3 Å². The molecule has 0 saturated heterocycles. The summed E-state index contributed by atoms with van der Waals surface area (Å²) in [6, 6.07) is 24.9. The van der Waals surface area contributed by atoms with E-state index in [0.29, 0.717) is 28.2 Å². The van der Waals surface area contributed by atoms with Crippen molar-refractivity contribution in [2.75, 3.05) is 7.11 Å². The molecule has 4 aromatic rings. The topological polar surface area (TPSA) is 77.0 Å². The Hall–Kier alpha value is -3.97. The number of nitrogens with one attached hydrogen (secondary N) is 1. The van der Waals surface area contributed by atoms with E-state index < -0.39 is 5.97 Å². The van der Waals surface area contributed by atoms with Gasteiger partial charge in [0.2, 0.25) is 0 Å². The fraction of sp³-hybridized carbons (Fsp3) is 0.0385. The first-order chi connectivity index (χ1) is 16.0. The standard InChI is InChI=1S/C26H19BrN2O4/c1-32-21-12-9-18(10-13-21)25(30)29-28-16-19-15-20(27)11-14-24(19)33-26(31)23-8-4-6-17-5-2-3-7-22(17)23/h2-16H,1H3,(H,29,30)/b28-16-. The molecule has 1 N–H and O–H groups in total. The van der Waals surface area contributed by atoms with Gasteiger partial charge in [-0.25, -0.2) is 10.2 Å². The van der Waals surface area contributed by atoms with Crippen molar-refractivity contribution in [3.8, 4) is 11.5 Å². The molecule has 6 nitrogen and oxygen atoms in total. The number of carbonyl (C=O) groups is 2. The molecule has 0 heterocycles. The smallest absolute Gasteiger partial charge is 0.344 e. The summed E-state index contributed by atoms with van der Waals surface area (Å²) in [4.78, 5) is 25.2. The average Bonchev–Trinajstić information content (AvgIpc) is 2.85. The molecule has 1 amide bonds. The predicted molar refractivity (Wildman–Crippen MR) is 131 cm³/mol. The molecule has 0 aliphatic carbocycles. The summed E-state index contributed by atoms with van der Waals surface area (Å²) < 4.78 is 11.6. The zero-order valence-corrected chi connectivity index (χ0v) is 19.2. The van der Waals surface area contributed by atoms with Crippen molar-refractivity contribution >= 4 is 44.8 Å². The number of rotatable bonds is 6. The van der Waals surface area contributed by atoms with E-state index in [-0.39, 0.29) is 5.91 Å². The first-order valence-electron chi connectivity index (χ1n) is 10.0. The number of hydrogen-bond acceptors (Lipinski definition) is 5. The number of ether oxygens (including phenoxy) is 2. The lowest BCUT2D eigenvalue weighted by Crippen LogP contribution is -2.17. The van der Waals surface area contributed by atoms with Gasteiger partial charge in [0.05, 0.1) is 18.9 Å². The Bertz CT molecular complexity index is 1350. The molecule has 4 rings (SSSR count). The predicted octanol–water partition coefficient (Wildman–Crippen LogP) is 5.59. The van der Waals surface area contributed by atoms with Crippen LogP contribution in [0.25, 0.3) is 10.8 Å². The van der Waals surface area contributed by atoms with Gasteiger partial charge in [0.15, 0.2) is 0 Å². The van der Waals surface area contributed by atoms with E-state index in [0.717, 1.165) is 15.2 Å². The molecule has 0 aromatic heterocycles. The van der Waals surface area contributed by atoms with Gasteiger partial charge in [-0.2, -0.15) is 5.10 Å². The van der Waals surface area contributed by atoms with Crippen molar-refractivity contribution < 1.29 is 19.1 Å². The van der Waals surface area contributed by atoms with E-state index >= 15 is 0 Å². The maximum Gasteiger partial charge on any atom is 0.344 e. The Balaban J connectivity index is 1.52. The van der Waals surface area contributed by atoms with E-state index in [1.807, 2.05) is 36.4 Å². The van der Waals surface area contributed by atoms with Crippen LogP contribution in [0.5, 0.6) is 11.5 Å². The summed E-state index contributed by atoms with van der Waals surface area (Å²) >= 11 is 3.41. The molecule has 0 radical (unpaired) electrons. The second-order valence-corrected chi connectivity index (χ2v) is 7.94. The van der Waals surface area contributed by atoms with E-state index in [2.05, 4.69) is 26.5 Å². The van der Waals surface area contributed by atoms with Crippen LogP contribution in [0.2, 0.25) is 0 Å². The Labute approximate surface area is 199 Å². The Morgan fingerprint density at radius 1 is 0.939 bits per heavy atom. The van der Waals surface area contributed by atoms with E-state index in [9.17, 15) is 9.59 Å². The average molecular weight is 503 g/mol. The van der Waals surface area contributed by atoms with Crippen LogP contribution in [-0.2, 0) is 0 Å². The number of nitrogens with zero attached hydrogens (tertiary/aromatic N) is 1. The van der Waals surface area contributed by atoms with Crippen molar-refractivity contribution in [1.29, 1.82) is 0 Å². The van der Waals surface area contributed by atoms with Crippen LogP contribution in [0.15, 0.2) is 94.5 Å². The van der Waals surface area contributed by atoms with Gasteiger partial charge in [0.25, 0.3) is 5.91 Å². The second-order valence-electron chi connectivity index (χ2n) is 7.03. The quantitative estimate of drug-likeness (QED) is 0.161. The highest BCUT2D eigenvalue weighted by molar-refractivity contribution is 9.10. The molecule has 0 fully saturated rings. The first kappa shape index (κ1) is 22.2. The first-order valence-corrected chi connectivity index (χ1v) is 10.8. The van der Waals surface area contributed by atoms with Gasteiger partial charge in [-0.05, 0) is 59.3 Å². The van der Waals surface area contributed by atoms with Gasteiger partial charge in [-0.3, -0.25) is 4.79 Å². The molecule has 0 unspecified atom stereocenters. The Morgan fingerprint density at radius 3 is 2.48 bits per heavy atom. The highest BCUT2D eigenvalue weighted by atomic mass is 79.9. The number of esters is 1. The number of hydrogen-bond donors (Lipinski definition) is 1. The number of fused-ring (bicyclic) bond motifs is 1. The molecule has 0 atom stereocenters. The lowest BCUT2D eigenvalue weighted by molar-refractivity contribution is 0.0736. The number of methoxy groups -OCH3 is 1. The SMILES string of the molecule is COc1ccc(C(=O)N/N=C\c2cc(Br)ccc2OC(=O)c2cccc3ccccc23)cc1. The minimum absolute atomic E-state index is 0.318. The lowest BCUT2D eigenvalue weighted by atomic mass is 10.0. The van der Waals surface area contributed by atoms with Gasteiger partial charge in [0, 0.05) is 15.6 Å². The third kappa shape index (κ3) is 5.27. The number of halogens is 1. The van der Waals surface area contributed by atoms with Crippen molar-refractivity contribution in [2.24, 2.45) is 5.10 Å². The van der Waals surface area contributed by atoms with Crippen molar-refractivity contribution in [3.05, 3.63) is 106 Å². The second kappa shape index (κ2) is 10.1. The number of benzene rings is 4. The molecular formula is C26H19BrN2O4. The van der Waals surface area contributed by atoms with Crippen molar-refractivity contribution in [2.45, 2.75) is 0 Å². The maximum atomic E-state index is 12.9. The molecule has 0 saturated carbocycles. The summed E-state index contributed by atoms with van der Waals surface area (Å²) in [5.41, 5.74) is 3.90. The van der Waals surface area contributed by atoms with Crippen LogP contribution >= 0.6 is 15.9 Å². The third-order valence-corrected chi connectivity index (χ3v) is 5.40. The summed E-state index contributed by atoms with van der Waals surface area (Å²) in [7, 11) is 1.56. The monoisotopic (exact) mass is 502 g/mol. The van der Waals surface area contributed by atoms with E-state index in [1.54, 1.807) is 55.6 Å².